The van der Waals surface area contributed by atoms with E-state index in [1.165, 1.54) is 51.4 Å². The van der Waals surface area contributed by atoms with E-state index in [0.717, 1.165) is 193 Å². The number of carbonyl (C=O) groups excluding carboxylic acids is 4. The molecule has 0 saturated heterocycles. The Bertz CT molecular complexity index is 2320. The Labute approximate surface area is 607 Å². The minimum Gasteiger partial charge on any atom is -0.462 e. The third-order valence-corrected chi connectivity index (χ3v) is 18.1. The Kier molecular flexibility index (Phi) is 69.9. The van der Waals surface area contributed by atoms with Gasteiger partial charge in [-0.1, -0.05) is 285 Å². The van der Waals surface area contributed by atoms with Crippen LogP contribution in [0.1, 0.15) is 323 Å². The Morgan fingerprint density at radius 2 is 0.520 bits per heavy atom. The van der Waals surface area contributed by atoms with Crippen LogP contribution in [0.3, 0.4) is 0 Å². The van der Waals surface area contributed by atoms with E-state index < -0.39 is 97.5 Å². The smallest absolute Gasteiger partial charge is 0.462 e. The van der Waals surface area contributed by atoms with Gasteiger partial charge >= 0.3 is 39.5 Å². The quantitative estimate of drug-likeness (QED) is 0.0169. The van der Waals surface area contributed by atoms with Crippen molar-refractivity contribution < 1.29 is 80.2 Å². The summed E-state index contributed by atoms with van der Waals surface area (Å²) >= 11 is 0. The fourth-order valence-corrected chi connectivity index (χ4v) is 12.0. The highest BCUT2D eigenvalue weighted by Gasteiger charge is 2.30. The summed E-state index contributed by atoms with van der Waals surface area (Å²) in [5.41, 5.74) is 0. The summed E-state index contributed by atoms with van der Waals surface area (Å²) in [4.78, 5) is 72.9. The van der Waals surface area contributed by atoms with Gasteiger partial charge in [0.15, 0.2) is 12.2 Å². The van der Waals surface area contributed by atoms with Crippen molar-refractivity contribution in [2.24, 2.45) is 0 Å². The first kappa shape index (κ1) is 95.7. The van der Waals surface area contributed by atoms with Crippen molar-refractivity contribution in [2.75, 3.05) is 39.6 Å². The van der Waals surface area contributed by atoms with Gasteiger partial charge < -0.3 is 33.8 Å². The topological polar surface area (TPSA) is 237 Å². The van der Waals surface area contributed by atoms with Crippen molar-refractivity contribution in [1.29, 1.82) is 0 Å². The first-order valence-corrected chi connectivity index (χ1v) is 42.1. The van der Waals surface area contributed by atoms with E-state index in [1.54, 1.807) is 0 Å². The normalized spacial score (nSPS) is 14.5. The van der Waals surface area contributed by atoms with E-state index in [1.807, 2.05) is 0 Å². The molecule has 0 aromatic rings. The van der Waals surface area contributed by atoms with Crippen LogP contribution in [0.15, 0.2) is 109 Å². The molecule has 0 spiro atoms. The van der Waals surface area contributed by atoms with Crippen LogP contribution >= 0.6 is 15.6 Å². The molecule has 0 heterocycles. The predicted molar refractivity (Wildman–Crippen MR) is 408 cm³/mol. The molecule has 0 aromatic heterocycles. The second-order valence-corrected chi connectivity index (χ2v) is 28.8. The largest absolute Gasteiger partial charge is 0.472 e. The maximum absolute atomic E-state index is 13.1. The maximum Gasteiger partial charge on any atom is 0.472 e. The number of ether oxygens (including phenoxy) is 4. The van der Waals surface area contributed by atoms with E-state index in [4.69, 9.17) is 37.0 Å². The minimum atomic E-state index is -4.98. The molecule has 0 bridgehead atoms. The Balaban J connectivity index is 5.36. The van der Waals surface area contributed by atoms with Gasteiger partial charge in [-0.05, 0) is 122 Å². The molecule has 0 amide bonds. The summed E-state index contributed by atoms with van der Waals surface area (Å²) in [5, 5.41) is 10.6. The van der Waals surface area contributed by atoms with Gasteiger partial charge in [0.05, 0.1) is 26.4 Å². The Morgan fingerprint density at radius 3 is 0.800 bits per heavy atom. The highest BCUT2D eigenvalue weighted by atomic mass is 31.2. The molecule has 100 heavy (non-hydrogen) atoms. The van der Waals surface area contributed by atoms with Gasteiger partial charge in [-0.3, -0.25) is 37.3 Å². The van der Waals surface area contributed by atoms with Gasteiger partial charge in [0.2, 0.25) is 0 Å². The van der Waals surface area contributed by atoms with Crippen molar-refractivity contribution in [1.82, 2.24) is 0 Å². The van der Waals surface area contributed by atoms with Crippen LogP contribution in [0.25, 0.3) is 0 Å². The molecule has 0 saturated carbocycles. The van der Waals surface area contributed by atoms with E-state index in [9.17, 15) is 43.2 Å². The average Bonchev–Trinajstić information content (AvgIpc) is 1.06. The second kappa shape index (κ2) is 73.0. The highest BCUT2D eigenvalue weighted by molar-refractivity contribution is 7.47. The number of aliphatic hydroxyl groups is 1. The first-order chi connectivity index (χ1) is 48.7. The monoisotopic (exact) mass is 1450 g/mol. The second-order valence-electron chi connectivity index (χ2n) is 25.9. The van der Waals surface area contributed by atoms with Gasteiger partial charge in [-0.2, -0.15) is 0 Å². The molecular weight excluding hydrogens is 1310 g/mol. The number of aliphatic hydroxyl groups excluding tert-OH is 1. The zero-order valence-electron chi connectivity index (χ0n) is 62.8. The van der Waals surface area contributed by atoms with Crippen molar-refractivity contribution in [3.63, 3.8) is 0 Å². The van der Waals surface area contributed by atoms with Crippen LogP contribution in [0, 0.1) is 0 Å². The molecule has 5 atom stereocenters. The zero-order chi connectivity index (χ0) is 73.2. The lowest BCUT2D eigenvalue weighted by atomic mass is 10.0. The molecule has 0 aliphatic rings. The Hall–Kier alpha value is -4.28. The first-order valence-electron chi connectivity index (χ1n) is 39.1. The number of hydrogen-bond donors (Lipinski definition) is 3. The molecule has 576 valence electrons. The number of hydrogen-bond acceptors (Lipinski definition) is 15. The van der Waals surface area contributed by atoms with E-state index in [-0.39, 0.29) is 25.7 Å². The van der Waals surface area contributed by atoms with Crippen molar-refractivity contribution in [3.8, 4) is 0 Å². The minimum absolute atomic E-state index is 0.0723. The number of esters is 4. The molecular formula is C81H140O17P2. The lowest BCUT2D eigenvalue weighted by molar-refractivity contribution is -0.161. The van der Waals surface area contributed by atoms with Gasteiger partial charge in [0.1, 0.15) is 19.3 Å². The van der Waals surface area contributed by atoms with Crippen molar-refractivity contribution in [3.05, 3.63) is 109 Å². The third-order valence-electron chi connectivity index (χ3n) is 16.2. The fraction of sp³-hybridized carbons (Fsp3) is 0.728. The van der Waals surface area contributed by atoms with Crippen LogP contribution in [0.4, 0.5) is 0 Å². The molecule has 19 heteroatoms. The summed E-state index contributed by atoms with van der Waals surface area (Å²) in [7, 11) is -9.96. The summed E-state index contributed by atoms with van der Waals surface area (Å²) in [5.74, 6) is -2.21. The van der Waals surface area contributed by atoms with Crippen LogP contribution in [-0.2, 0) is 65.4 Å². The summed E-state index contributed by atoms with van der Waals surface area (Å²) in [6.07, 6.45) is 77.8. The van der Waals surface area contributed by atoms with E-state index in [2.05, 4.69) is 137 Å². The molecule has 0 rings (SSSR count). The zero-order valence-corrected chi connectivity index (χ0v) is 64.6. The van der Waals surface area contributed by atoms with E-state index >= 15 is 0 Å². The van der Waals surface area contributed by atoms with Crippen LogP contribution in [0.2, 0.25) is 0 Å². The lowest BCUT2D eigenvalue weighted by Crippen LogP contribution is -2.30. The number of phosphoric ester groups is 2. The molecule has 3 N–H and O–H groups in total. The molecule has 5 unspecified atom stereocenters. The van der Waals surface area contributed by atoms with Gasteiger partial charge in [0, 0.05) is 25.7 Å². The lowest BCUT2D eigenvalue weighted by Gasteiger charge is -2.21. The standard InChI is InChI=1S/C81H140O17P2/c1-5-9-13-17-21-25-29-33-36-37-40-43-46-50-54-58-62-66-79(84)92-72-77(98-81(86)68-64-60-56-52-48-44-39-35-31-27-23-19-15-11-7-3)74-96-100(89,90)94-70-75(82)69-93-99(87,88)95-73-76(97-80(85)67-63-59-55-51-47-41-32-28-24-20-16-12-8-4)71-91-78(83)65-61-57-53-49-45-42-38-34-30-26-22-18-14-10-6-2/h9-11,13-15,21-23,25-27,33-36,38-39,75-77,82H,5-8,12,16-20,24,28-32,37,40-74H2,1-4H3,(H,87,88)(H,89,90)/b13-9-,14-10-,15-11-,25-21-,26-22-,27-23-,36-33-,38-34-,39-35-. The number of phosphoric acid groups is 2. The molecule has 0 aliphatic heterocycles. The van der Waals surface area contributed by atoms with Crippen molar-refractivity contribution >= 4 is 39.5 Å². The molecule has 0 aliphatic carbocycles. The fourth-order valence-electron chi connectivity index (χ4n) is 10.4. The predicted octanol–water partition coefficient (Wildman–Crippen LogP) is 22.6. The number of carbonyl (C=O) groups is 4. The average molecular weight is 1450 g/mol. The Morgan fingerprint density at radius 1 is 0.290 bits per heavy atom. The number of rotatable bonds is 73. The van der Waals surface area contributed by atoms with Gasteiger partial charge in [-0.25, -0.2) is 9.13 Å². The highest BCUT2D eigenvalue weighted by Crippen LogP contribution is 2.45. The third kappa shape index (κ3) is 72.1. The molecule has 0 fully saturated rings. The number of unbranched alkanes of at least 4 members (excludes halogenated alkanes) is 29. The molecule has 0 radical (unpaired) electrons. The van der Waals surface area contributed by atoms with Gasteiger partial charge in [-0.15, -0.1) is 0 Å². The SMILES string of the molecule is CC/C=C\C/C=C\C/C=C\CCCCCCCCCC(=O)OCC(COP(=O)(O)OCC(O)COP(=O)(O)OCC(COC(=O)CCCCCCC/C=C\C/C=C\C/C=C\CC)OC(=O)CCCCCCCCCCCCCCC)OC(=O)CCCCCCC/C=C\C/C=C\C/C=C\CC. The van der Waals surface area contributed by atoms with Crippen LogP contribution in [0.5, 0.6) is 0 Å². The maximum atomic E-state index is 13.1. The van der Waals surface area contributed by atoms with Crippen LogP contribution < -0.4 is 0 Å². The summed E-state index contributed by atoms with van der Waals surface area (Å²) in [6.45, 7) is 4.52. The summed E-state index contributed by atoms with van der Waals surface area (Å²) < 4.78 is 68.5. The van der Waals surface area contributed by atoms with Crippen LogP contribution in [-0.4, -0.2) is 96.7 Å². The molecule has 0 aromatic carbocycles. The number of allylic oxidation sites excluding steroid dienone is 18. The molecule has 17 nitrogen and oxygen atoms in total. The van der Waals surface area contributed by atoms with Gasteiger partial charge in [0.25, 0.3) is 0 Å². The van der Waals surface area contributed by atoms with Crippen molar-refractivity contribution in [2.45, 2.75) is 341 Å². The summed E-state index contributed by atoms with van der Waals surface area (Å²) in [6, 6.07) is 0. The van der Waals surface area contributed by atoms with E-state index in [0.29, 0.717) is 25.7 Å².